The summed E-state index contributed by atoms with van der Waals surface area (Å²) in [5.74, 6) is -2.72. The van der Waals surface area contributed by atoms with Crippen LogP contribution in [-0.2, 0) is 10.2 Å². The van der Waals surface area contributed by atoms with E-state index in [1.54, 1.807) is 0 Å². The third kappa shape index (κ3) is 3.08. The average Bonchev–Trinajstić information content (AvgIpc) is 3.46. The topological polar surface area (TPSA) is 85.0 Å². The van der Waals surface area contributed by atoms with Gasteiger partial charge in [-0.05, 0) is 35.7 Å². The Hall–Kier alpha value is -3.93. The molecule has 4 aromatic rings. The number of carboxylic acids is 1. The number of aromatic nitrogens is 1. The summed E-state index contributed by atoms with van der Waals surface area (Å²) in [5.41, 5.74) is 1.70. The van der Waals surface area contributed by atoms with Gasteiger partial charge in [-0.15, -0.1) is 0 Å². The number of benzene rings is 3. The van der Waals surface area contributed by atoms with Crippen LogP contribution in [0.15, 0.2) is 78.9 Å². The Kier molecular flexibility index (Phi) is 4.36. The van der Waals surface area contributed by atoms with Crippen LogP contribution in [0.2, 0.25) is 0 Å². The van der Waals surface area contributed by atoms with Crippen molar-refractivity contribution >= 4 is 28.5 Å². The van der Waals surface area contributed by atoms with E-state index < -0.39 is 23.1 Å². The van der Waals surface area contributed by atoms with Gasteiger partial charge in [-0.2, -0.15) is 0 Å². The molecule has 1 aromatic heterocycles. The number of carboxylic acid groups (broad SMARTS) is 1. The van der Waals surface area contributed by atoms with Gasteiger partial charge in [0.05, 0.1) is 23.3 Å². The molecule has 0 saturated heterocycles. The van der Waals surface area contributed by atoms with Crippen LogP contribution in [-0.4, -0.2) is 16.9 Å². The Morgan fingerprint density at radius 2 is 1.58 bits per heavy atom. The average molecular weight is 413 g/mol. The molecule has 2 N–H and O–H groups in total. The minimum absolute atomic E-state index is 0.0291. The molecule has 1 aliphatic rings. The summed E-state index contributed by atoms with van der Waals surface area (Å²) in [7, 11) is 0. The molecule has 0 radical (unpaired) electrons. The molecule has 1 saturated carbocycles. The van der Waals surface area contributed by atoms with E-state index in [9.17, 15) is 19.1 Å². The van der Waals surface area contributed by atoms with Crippen LogP contribution < -0.4 is 10.4 Å². The van der Waals surface area contributed by atoms with Crippen LogP contribution in [0.3, 0.4) is 0 Å². The molecule has 0 aliphatic heterocycles. The fourth-order valence-corrected chi connectivity index (χ4v) is 4.51. The van der Waals surface area contributed by atoms with Gasteiger partial charge in [-0.25, -0.2) is 4.39 Å². The van der Waals surface area contributed by atoms with Gasteiger partial charge < -0.3 is 20.2 Å². The monoisotopic (exact) mass is 413 g/mol. The van der Waals surface area contributed by atoms with Crippen molar-refractivity contribution in [2.24, 2.45) is 5.92 Å². The maximum absolute atomic E-state index is 13.8. The van der Waals surface area contributed by atoms with Crippen LogP contribution in [0.1, 0.15) is 28.0 Å². The third-order valence-electron chi connectivity index (χ3n) is 6.07. The smallest absolute Gasteiger partial charge is 0.228 e. The number of aromatic amines is 1. The number of H-pyrrole nitrogens is 1. The van der Waals surface area contributed by atoms with Gasteiger partial charge in [0.15, 0.2) is 0 Å². The van der Waals surface area contributed by atoms with E-state index in [0.29, 0.717) is 17.3 Å². The predicted octanol–water partition coefficient (Wildman–Crippen LogP) is 3.62. The lowest BCUT2D eigenvalue weighted by Gasteiger charge is -2.19. The second kappa shape index (κ2) is 7.09. The van der Waals surface area contributed by atoms with Crippen molar-refractivity contribution in [1.82, 2.24) is 4.98 Å². The number of halogens is 1. The number of fused-ring (bicyclic) bond motifs is 1. The van der Waals surface area contributed by atoms with Crippen LogP contribution >= 0.6 is 0 Å². The maximum Gasteiger partial charge on any atom is 0.228 e. The van der Waals surface area contributed by atoms with Gasteiger partial charge in [0.25, 0.3) is 0 Å². The zero-order valence-corrected chi connectivity index (χ0v) is 16.4. The quantitative estimate of drug-likeness (QED) is 0.524. The first-order chi connectivity index (χ1) is 15.0. The molecule has 0 spiro atoms. The molecule has 5 rings (SSSR count). The van der Waals surface area contributed by atoms with Crippen molar-refractivity contribution < 1.29 is 19.1 Å². The van der Waals surface area contributed by atoms with Crippen molar-refractivity contribution in [3.63, 3.8) is 0 Å². The number of amides is 1. The molecule has 5 nitrogen and oxygen atoms in total. The largest absolute Gasteiger partial charge is 0.543 e. The summed E-state index contributed by atoms with van der Waals surface area (Å²) in [5, 5.41) is 14.7. The first-order valence-corrected chi connectivity index (χ1v) is 9.95. The first-order valence-electron chi connectivity index (χ1n) is 9.95. The first kappa shape index (κ1) is 19.1. The number of anilines is 1. The fourth-order valence-electron chi connectivity index (χ4n) is 4.51. The van der Waals surface area contributed by atoms with Gasteiger partial charge >= 0.3 is 0 Å². The molecule has 1 heterocycles. The van der Waals surface area contributed by atoms with Crippen molar-refractivity contribution in [3.05, 3.63) is 102 Å². The predicted molar refractivity (Wildman–Crippen MR) is 113 cm³/mol. The molecular weight excluding hydrogens is 395 g/mol. The van der Waals surface area contributed by atoms with E-state index in [0.717, 1.165) is 11.1 Å². The van der Waals surface area contributed by atoms with E-state index in [1.807, 2.05) is 60.7 Å². The molecular formula is C25H18FN2O3-. The Bertz CT molecular complexity index is 1260. The number of carbonyl (C=O) groups excluding carboxylic acids is 2. The summed E-state index contributed by atoms with van der Waals surface area (Å²) in [6.07, 6.45) is 0.588. The normalized spacial score (nSPS) is 16.7. The van der Waals surface area contributed by atoms with E-state index in [4.69, 9.17) is 0 Å². The molecule has 0 unspecified atom stereocenters. The maximum atomic E-state index is 13.8. The van der Waals surface area contributed by atoms with Crippen molar-refractivity contribution in [1.29, 1.82) is 0 Å². The van der Waals surface area contributed by atoms with E-state index >= 15 is 0 Å². The number of nitrogens with one attached hydrogen (secondary N) is 2. The molecule has 154 valence electrons. The summed E-state index contributed by atoms with van der Waals surface area (Å²) < 4.78 is 13.8. The highest BCUT2D eigenvalue weighted by molar-refractivity contribution is 6.11. The van der Waals surface area contributed by atoms with E-state index in [2.05, 4.69) is 10.3 Å². The van der Waals surface area contributed by atoms with Crippen LogP contribution in [0.4, 0.5) is 10.1 Å². The summed E-state index contributed by atoms with van der Waals surface area (Å²) in [6.45, 7) is 0. The summed E-state index contributed by atoms with van der Waals surface area (Å²) in [4.78, 5) is 27.6. The molecule has 1 atom stereocenters. The van der Waals surface area contributed by atoms with Gasteiger partial charge in [0, 0.05) is 16.3 Å². The lowest BCUT2D eigenvalue weighted by molar-refractivity contribution is -0.255. The number of carbonyl (C=O) groups is 2. The van der Waals surface area contributed by atoms with Gasteiger partial charge in [-0.1, -0.05) is 60.7 Å². The highest BCUT2D eigenvalue weighted by Crippen LogP contribution is 2.59. The van der Waals surface area contributed by atoms with Crippen LogP contribution in [0.25, 0.3) is 10.9 Å². The highest BCUT2D eigenvalue weighted by atomic mass is 19.1. The minimum atomic E-state index is -1.47. The lowest BCUT2D eigenvalue weighted by Crippen LogP contribution is -2.26. The molecule has 6 heteroatoms. The zero-order chi connectivity index (χ0) is 21.6. The van der Waals surface area contributed by atoms with Crippen molar-refractivity contribution in [3.8, 4) is 0 Å². The van der Waals surface area contributed by atoms with Gasteiger partial charge in [-0.3, -0.25) is 4.79 Å². The molecule has 1 aliphatic carbocycles. The van der Waals surface area contributed by atoms with Gasteiger partial charge in [0.1, 0.15) is 5.82 Å². The van der Waals surface area contributed by atoms with Gasteiger partial charge in [0.2, 0.25) is 5.91 Å². The van der Waals surface area contributed by atoms with E-state index in [-0.39, 0.29) is 17.3 Å². The van der Waals surface area contributed by atoms with Crippen molar-refractivity contribution in [2.45, 2.75) is 11.8 Å². The standard InChI is InChI=1S/C25H19FN2O3/c26-17-11-12-20-18(13-17)21(22(27-20)24(30)31)28-23(29)19-14-25(19,15-7-3-1-4-8-15)16-9-5-2-6-10-16/h1-13,19,27H,14H2,(H,28,29)(H,30,31)/p-1/t19-/m0/s1. The van der Waals surface area contributed by atoms with E-state index in [1.165, 1.54) is 18.2 Å². The van der Waals surface area contributed by atoms with Crippen LogP contribution in [0, 0.1) is 11.7 Å². The second-order valence-corrected chi connectivity index (χ2v) is 7.80. The van der Waals surface area contributed by atoms with Crippen molar-refractivity contribution in [2.75, 3.05) is 5.32 Å². The summed E-state index contributed by atoms with van der Waals surface area (Å²) in [6, 6.07) is 23.4. The molecule has 31 heavy (non-hydrogen) atoms. The highest BCUT2D eigenvalue weighted by Gasteiger charge is 2.60. The Labute approximate surface area is 177 Å². The molecule has 0 bridgehead atoms. The number of aromatic carboxylic acids is 1. The Morgan fingerprint density at radius 1 is 0.968 bits per heavy atom. The Morgan fingerprint density at radius 3 is 2.16 bits per heavy atom. The number of rotatable bonds is 5. The molecule has 1 amide bonds. The Balaban J connectivity index is 1.54. The zero-order valence-electron chi connectivity index (χ0n) is 16.4. The minimum Gasteiger partial charge on any atom is -0.543 e. The molecule has 1 fully saturated rings. The summed E-state index contributed by atoms with van der Waals surface area (Å²) >= 11 is 0. The molecule has 3 aromatic carbocycles. The second-order valence-electron chi connectivity index (χ2n) is 7.80. The van der Waals surface area contributed by atoms with Crippen LogP contribution in [0.5, 0.6) is 0 Å². The third-order valence-corrected chi connectivity index (χ3v) is 6.07. The fraction of sp³-hybridized carbons (Fsp3) is 0.120. The number of hydrogen-bond acceptors (Lipinski definition) is 3. The lowest BCUT2D eigenvalue weighted by atomic mass is 9.85. The number of hydrogen-bond donors (Lipinski definition) is 2. The SMILES string of the molecule is O=C([O-])c1[nH]c2ccc(F)cc2c1NC(=O)[C@@H]1CC1(c1ccccc1)c1ccccc1.